The minimum Gasteiger partial charge on any atom is -0.355 e. The fourth-order valence-corrected chi connectivity index (χ4v) is 2.89. The summed E-state index contributed by atoms with van der Waals surface area (Å²) in [7, 11) is 4.02. The monoisotopic (exact) mass is 471 g/mol. The van der Waals surface area contributed by atoms with Crippen LogP contribution in [0.3, 0.4) is 0 Å². The topological polar surface area (TPSA) is 34.1 Å². The van der Waals surface area contributed by atoms with Gasteiger partial charge in [-0.3, -0.25) is 9.89 Å². The Hall–Kier alpha value is -1.12. The second kappa shape index (κ2) is 13.1. The van der Waals surface area contributed by atoms with Crippen molar-refractivity contribution in [2.75, 3.05) is 66.5 Å². The molecule has 6 heteroatoms. The summed E-state index contributed by atoms with van der Waals surface area (Å²) in [5.41, 5.74) is 1.27. The van der Waals surface area contributed by atoms with Crippen molar-refractivity contribution < 1.29 is 0 Å². The maximum atomic E-state index is 4.44. The number of halogens is 1. The van der Waals surface area contributed by atoms with Crippen LogP contribution in [0.2, 0.25) is 0 Å². The van der Waals surface area contributed by atoms with Crippen LogP contribution in [0.5, 0.6) is 0 Å². The molecular formula is C20H34IN5. The first-order valence-electron chi connectivity index (χ1n) is 9.31. The number of hydrogen-bond acceptors (Lipinski definition) is 3. The Morgan fingerprint density at radius 3 is 2.50 bits per heavy atom. The summed E-state index contributed by atoms with van der Waals surface area (Å²) in [6, 6.07) is 10.5. The van der Waals surface area contributed by atoms with Gasteiger partial charge in [-0.15, -0.1) is 24.0 Å². The minimum atomic E-state index is 0. The lowest BCUT2D eigenvalue weighted by Gasteiger charge is -2.36. The van der Waals surface area contributed by atoms with Gasteiger partial charge in [-0.2, -0.15) is 0 Å². The molecule has 0 radical (unpaired) electrons. The molecular weight excluding hydrogens is 437 g/mol. The van der Waals surface area contributed by atoms with Crippen LogP contribution >= 0.6 is 24.0 Å². The van der Waals surface area contributed by atoms with E-state index in [1.807, 2.05) is 7.05 Å². The van der Waals surface area contributed by atoms with Crippen LogP contribution in [-0.4, -0.2) is 87.1 Å². The summed E-state index contributed by atoms with van der Waals surface area (Å²) in [4.78, 5) is 11.6. The van der Waals surface area contributed by atoms with Gasteiger partial charge in [0.2, 0.25) is 0 Å². The van der Waals surface area contributed by atoms with Crippen LogP contribution in [0.4, 0.5) is 0 Å². The summed E-state index contributed by atoms with van der Waals surface area (Å²) in [5.74, 6) is 1.03. The van der Waals surface area contributed by atoms with E-state index in [2.05, 4.69) is 81.5 Å². The second-order valence-corrected chi connectivity index (χ2v) is 6.47. The lowest BCUT2D eigenvalue weighted by Crippen LogP contribution is -2.53. The molecule has 0 aliphatic carbocycles. The van der Waals surface area contributed by atoms with Crippen molar-refractivity contribution in [3.8, 4) is 0 Å². The van der Waals surface area contributed by atoms with Crippen molar-refractivity contribution >= 4 is 36.0 Å². The second-order valence-electron chi connectivity index (χ2n) is 6.47. The first-order valence-corrected chi connectivity index (χ1v) is 9.31. The predicted octanol–water partition coefficient (Wildman–Crippen LogP) is 2.46. The maximum absolute atomic E-state index is 4.44. The third kappa shape index (κ3) is 8.05. The fourth-order valence-electron chi connectivity index (χ4n) is 2.89. The molecule has 0 saturated carbocycles. The zero-order chi connectivity index (χ0) is 17.9. The molecule has 0 spiro atoms. The third-order valence-corrected chi connectivity index (χ3v) is 4.67. The van der Waals surface area contributed by atoms with Crippen molar-refractivity contribution in [2.45, 2.75) is 6.92 Å². The molecule has 1 aromatic rings. The number of nitrogens with one attached hydrogen (secondary N) is 1. The van der Waals surface area contributed by atoms with E-state index < -0.39 is 0 Å². The largest absolute Gasteiger partial charge is 0.355 e. The molecule has 0 atom stereocenters. The van der Waals surface area contributed by atoms with Crippen LogP contribution in [0.1, 0.15) is 12.5 Å². The number of piperazine rings is 1. The minimum absolute atomic E-state index is 0. The van der Waals surface area contributed by atoms with Crippen LogP contribution in [0, 0.1) is 0 Å². The maximum Gasteiger partial charge on any atom is 0.193 e. The number of likely N-dealkylation sites (N-methyl/N-ethyl adjacent to an activating group) is 1. The van der Waals surface area contributed by atoms with Crippen LogP contribution in [0.15, 0.2) is 41.4 Å². The van der Waals surface area contributed by atoms with Crippen LogP contribution in [-0.2, 0) is 0 Å². The van der Waals surface area contributed by atoms with Gasteiger partial charge in [0.15, 0.2) is 5.96 Å². The van der Waals surface area contributed by atoms with E-state index in [9.17, 15) is 0 Å². The average Bonchev–Trinajstić information content (AvgIpc) is 2.66. The lowest BCUT2D eigenvalue weighted by molar-refractivity contribution is 0.194. The highest BCUT2D eigenvalue weighted by Gasteiger charge is 2.18. The fraction of sp³-hybridized carbons (Fsp3) is 0.550. The number of nitrogens with zero attached hydrogens (tertiary/aromatic N) is 4. The summed E-state index contributed by atoms with van der Waals surface area (Å²) >= 11 is 0. The average molecular weight is 471 g/mol. The van der Waals surface area contributed by atoms with Gasteiger partial charge in [-0.05, 0) is 19.2 Å². The van der Waals surface area contributed by atoms with Gasteiger partial charge < -0.3 is 15.1 Å². The molecule has 2 rings (SSSR count). The Kier molecular flexibility index (Phi) is 11.6. The highest BCUT2D eigenvalue weighted by molar-refractivity contribution is 14.0. The smallest absolute Gasteiger partial charge is 0.193 e. The lowest BCUT2D eigenvalue weighted by atomic mass is 10.2. The summed E-state index contributed by atoms with van der Waals surface area (Å²) in [5, 5.41) is 3.49. The van der Waals surface area contributed by atoms with Gasteiger partial charge in [0.05, 0.1) is 0 Å². The van der Waals surface area contributed by atoms with Crippen molar-refractivity contribution in [1.82, 2.24) is 20.0 Å². The Labute approximate surface area is 176 Å². The highest BCUT2D eigenvalue weighted by Crippen LogP contribution is 2.05. The highest BCUT2D eigenvalue weighted by atomic mass is 127. The number of rotatable bonds is 7. The Morgan fingerprint density at radius 2 is 1.88 bits per heavy atom. The molecule has 5 nitrogen and oxygen atoms in total. The van der Waals surface area contributed by atoms with E-state index in [0.29, 0.717) is 0 Å². The molecule has 0 aromatic heterocycles. The Bertz CT molecular complexity index is 538. The third-order valence-electron chi connectivity index (χ3n) is 4.67. The van der Waals surface area contributed by atoms with Crippen molar-refractivity contribution in [3.05, 3.63) is 42.0 Å². The first-order chi connectivity index (χ1) is 12.2. The number of hydrogen-bond donors (Lipinski definition) is 1. The standard InChI is InChI=1S/C20H33N5.HI/c1-4-23(3)14-12-22-20(21-2)25-17-15-24(16-18-25)13-8-11-19-9-6-5-7-10-19;/h5-11H,4,12-18H2,1-3H3,(H,21,22);1H/b11-8+;. The van der Waals surface area contributed by atoms with E-state index in [1.54, 1.807) is 0 Å². The van der Waals surface area contributed by atoms with E-state index >= 15 is 0 Å². The van der Waals surface area contributed by atoms with Crippen molar-refractivity contribution in [3.63, 3.8) is 0 Å². The van der Waals surface area contributed by atoms with E-state index in [4.69, 9.17) is 0 Å². The molecule has 0 unspecified atom stereocenters. The molecule has 146 valence electrons. The van der Waals surface area contributed by atoms with Crippen molar-refractivity contribution in [2.24, 2.45) is 4.99 Å². The zero-order valence-electron chi connectivity index (χ0n) is 16.4. The number of aliphatic imine (C=N–C) groups is 1. The Morgan fingerprint density at radius 1 is 1.19 bits per heavy atom. The van der Waals surface area contributed by atoms with Gasteiger partial charge in [0.25, 0.3) is 0 Å². The molecule has 1 aromatic carbocycles. The summed E-state index contributed by atoms with van der Waals surface area (Å²) in [6.45, 7) is 10.5. The van der Waals surface area contributed by atoms with Gasteiger partial charge in [-0.1, -0.05) is 49.4 Å². The molecule has 0 amide bonds. The first kappa shape index (κ1) is 22.9. The predicted molar refractivity (Wildman–Crippen MR) is 123 cm³/mol. The summed E-state index contributed by atoms with van der Waals surface area (Å²) in [6.07, 6.45) is 4.47. The van der Waals surface area contributed by atoms with Crippen molar-refractivity contribution in [1.29, 1.82) is 0 Å². The number of benzene rings is 1. The number of guanidine groups is 1. The quantitative estimate of drug-likeness (QED) is 0.377. The Balaban J connectivity index is 0.00000338. The van der Waals surface area contributed by atoms with E-state index in [0.717, 1.165) is 58.3 Å². The van der Waals surface area contributed by atoms with Gasteiger partial charge in [0.1, 0.15) is 0 Å². The van der Waals surface area contributed by atoms with E-state index in [-0.39, 0.29) is 24.0 Å². The van der Waals surface area contributed by atoms with Gasteiger partial charge >= 0.3 is 0 Å². The van der Waals surface area contributed by atoms with Gasteiger partial charge in [0, 0.05) is 52.9 Å². The molecule has 1 heterocycles. The molecule has 1 N–H and O–H groups in total. The zero-order valence-corrected chi connectivity index (χ0v) is 18.7. The molecule has 1 fully saturated rings. The summed E-state index contributed by atoms with van der Waals surface area (Å²) < 4.78 is 0. The van der Waals surface area contributed by atoms with Gasteiger partial charge in [-0.25, -0.2) is 0 Å². The normalized spacial score (nSPS) is 16.2. The molecule has 1 saturated heterocycles. The molecule has 0 bridgehead atoms. The van der Waals surface area contributed by atoms with E-state index in [1.165, 1.54) is 5.56 Å². The molecule has 26 heavy (non-hydrogen) atoms. The van der Waals surface area contributed by atoms with Crippen LogP contribution in [0.25, 0.3) is 6.08 Å². The SMILES string of the molecule is CCN(C)CCNC(=NC)N1CCN(C/C=C/c2ccccc2)CC1.I. The van der Waals surface area contributed by atoms with Crippen LogP contribution < -0.4 is 5.32 Å². The molecule has 1 aliphatic heterocycles. The molecule has 1 aliphatic rings.